The summed E-state index contributed by atoms with van der Waals surface area (Å²) in [5.74, 6) is -1.00. The van der Waals surface area contributed by atoms with Gasteiger partial charge in [0.05, 0.1) is 25.3 Å². The number of aromatic nitrogens is 1. The van der Waals surface area contributed by atoms with Crippen LogP contribution in [0.2, 0.25) is 0 Å². The van der Waals surface area contributed by atoms with Crippen LogP contribution < -0.4 is 23.7 Å². The molecule has 0 radical (unpaired) electrons. The second-order valence-electron chi connectivity index (χ2n) is 11.4. The molecular formula is C30H41N4O8S+. The maximum absolute atomic E-state index is 14.0. The van der Waals surface area contributed by atoms with Crippen molar-refractivity contribution in [3.8, 4) is 17.2 Å². The molecule has 2 saturated heterocycles. The third kappa shape index (κ3) is 6.58. The minimum absolute atomic E-state index is 0.00169. The zero-order valence-corrected chi connectivity index (χ0v) is 25.8. The summed E-state index contributed by atoms with van der Waals surface area (Å²) in [5.41, 5.74) is 1.48. The number of amides is 1. The van der Waals surface area contributed by atoms with Crippen molar-refractivity contribution in [2.24, 2.45) is 13.0 Å². The molecule has 2 aromatic rings. The van der Waals surface area contributed by atoms with Gasteiger partial charge in [0.1, 0.15) is 12.7 Å². The monoisotopic (exact) mass is 617 g/mol. The Balaban J connectivity index is 1.47. The lowest BCUT2D eigenvalue weighted by atomic mass is 9.84. The number of sulfonamides is 1. The second kappa shape index (κ2) is 13.1. The first-order valence-electron chi connectivity index (χ1n) is 14.8. The molecule has 13 heteroatoms. The zero-order valence-electron chi connectivity index (χ0n) is 25.0. The molecule has 2 fully saturated rings. The van der Waals surface area contributed by atoms with Gasteiger partial charge < -0.3 is 24.2 Å². The van der Waals surface area contributed by atoms with E-state index in [-0.39, 0.29) is 38.0 Å². The Morgan fingerprint density at radius 1 is 1.26 bits per heavy atom. The van der Waals surface area contributed by atoms with Gasteiger partial charge in [-0.25, -0.2) is 17.3 Å². The number of likely N-dealkylation sites (tertiary alicyclic amines) is 1. The predicted octanol–water partition coefficient (Wildman–Crippen LogP) is 1.98. The van der Waals surface area contributed by atoms with Crippen molar-refractivity contribution in [3.05, 3.63) is 42.2 Å². The van der Waals surface area contributed by atoms with Crippen molar-refractivity contribution in [1.29, 1.82) is 0 Å². The van der Waals surface area contributed by atoms with Crippen LogP contribution in [-0.4, -0.2) is 93.0 Å². The minimum atomic E-state index is -3.36. The lowest BCUT2D eigenvalue weighted by Crippen LogP contribution is -2.46. The van der Waals surface area contributed by atoms with E-state index >= 15 is 0 Å². The van der Waals surface area contributed by atoms with Crippen LogP contribution in [0.15, 0.2) is 36.7 Å². The summed E-state index contributed by atoms with van der Waals surface area (Å²) < 4.78 is 45.2. The summed E-state index contributed by atoms with van der Waals surface area (Å²) in [6.07, 6.45) is 6.37. The van der Waals surface area contributed by atoms with Gasteiger partial charge in [-0.3, -0.25) is 14.5 Å². The summed E-state index contributed by atoms with van der Waals surface area (Å²) in [5, 5.41) is 10.6. The van der Waals surface area contributed by atoms with E-state index in [9.17, 15) is 23.1 Å². The molecule has 5 rings (SSSR count). The molecule has 3 atom stereocenters. The number of methoxy groups -OCH3 is 1. The van der Waals surface area contributed by atoms with E-state index in [4.69, 9.17) is 14.2 Å². The van der Waals surface area contributed by atoms with Crippen LogP contribution in [0.25, 0.3) is 0 Å². The van der Waals surface area contributed by atoms with Gasteiger partial charge >= 0.3 is 5.97 Å². The summed E-state index contributed by atoms with van der Waals surface area (Å²) in [6.45, 7) is 3.57. The molecule has 0 saturated carbocycles. The summed E-state index contributed by atoms with van der Waals surface area (Å²) in [6, 6.07) is 6.78. The van der Waals surface area contributed by atoms with E-state index < -0.39 is 33.9 Å². The van der Waals surface area contributed by atoms with Crippen molar-refractivity contribution in [1.82, 2.24) is 9.21 Å². The van der Waals surface area contributed by atoms with E-state index in [1.807, 2.05) is 41.0 Å². The smallest absolute Gasteiger partial charge is 0.308 e. The molecular weight excluding hydrogens is 576 g/mol. The third-order valence-electron chi connectivity index (χ3n) is 8.63. The Morgan fingerprint density at radius 2 is 2.07 bits per heavy atom. The minimum Gasteiger partial charge on any atom is -0.493 e. The molecule has 0 bridgehead atoms. The number of fused-ring (bicyclic) bond motifs is 1. The van der Waals surface area contributed by atoms with E-state index in [0.717, 1.165) is 18.5 Å². The first-order chi connectivity index (χ1) is 20.6. The number of carbonyl (C=O) groups excluding carboxylic acids is 1. The van der Waals surface area contributed by atoms with Crippen LogP contribution in [0.3, 0.4) is 0 Å². The number of carboxylic acid groups (broad SMARTS) is 1. The highest BCUT2D eigenvalue weighted by molar-refractivity contribution is 7.89. The van der Waals surface area contributed by atoms with Crippen LogP contribution in [0.4, 0.5) is 5.69 Å². The zero-order chi connectivity index (χ0) is 30.7. The van der Waals surface area contributed by atoms with Gasteiger partial charge in [-0.15, -0.1) is 0 Å². The van der Waals surface area contributed by atoms with Crippen molar-refractivity contribution >= 4 is 27.6 Å². The fourth-order valence-electron chi connectivity index (χ4n) is 6.48. The number of rotatable bonds is 12. The Morgan fingerprint density at radius 3 is 2.74 bits per heavy atom. The molecule has 3 aliphatic heterocycles. The number of anilines is 1. The Hall–Kier alpha value is -3.42. The Bertz CT molecular complexity index is 1450. The number of benzene rings is 1. The number of hydrogen-bond acceptors (Lipinski definition) is 8. The number of hydrogen-bond donors (Lipinski definition) is 1. The molecule has 1 amide bonds. The second-order valence-corrected chi connectivity index (χ2v) is 13.5. The topological polar surface area (TPSA) is 130 Å². The maximum atomic E-state index is 14.0. The number of pyridine rings is 1. The first-order valence-corrected chi connectivity index (χ1v) is 16.4. The summed E-state index contributed by atoms with van der Waals surface area (Å²) in [7, 11) is 0.0569. The molecule has 3 aliphatic rings. The van der Waals surface area contributed by atoms with Gasteiger partial charge in [0.15, 0.2) is 23.9 Å². The molecule has 1 aromatic carbocycles. The van der Waals surface area contributed by atoms with Crippen LogP contribution in [0.5, 0.6) is 17.2 Å². The Labute approximate surface area is 252 Å². The number of carboxylic acids is 1. The van der Waals surface area contributed by atoms with Crippen LogP contribution >= 0.6 is 0 Å². The lowest BCUT2D eigenvalue weighted by Gasteiger charge is -2.30. The average Bonchev–Trinajstić information content (AvgIpc) is 3.68. The van der Waals surface area contributed by atoms with Crippen molar-refractivity contribution in [3.63, 3.8) is 0 Å². The van der Waals surface area contributed by atoms with Gasteiger partial charge in [-0.05, 0) is 43.0 Å². The number of nitrogens with zero attached hydrogens (tertiary/aromatic N) is 4. The largest absolute Gasteiger partial charge is 0.493 e. The van der Waals surface area contributed by atoms with Gasteiger partial charge in [0.25, 0.3) is 0 Å². The van der Waals surface area contributed by atoms with Gasteiger partial charge in [0.2, 0.25) is 28.5 Å². The third-order valence-corrected chi connectivity index (χ3v) is 10.6. The summed E-state index contributed by atoms with van der Waals surface area (Å²) >= 11 is 0. The van der Waals surface area contributed by atoms with Crippen molar-refractivity contribution in [2.75, 3.05) is 57.3 Å². The molecule has 0 spiro atoms. The lowest BCUT2D eigenvalue weighted by molar-refractivity contribution is -0.670. The van der Waals surface area contributed by atoms with Gasteiger partial charge in [-0.1, -0.05) is 13.3 Å². The van der Waals surface area contributed by atoms with E-state index in [0.29, 0.717) is 48.9 Å². The van der Waals surface area contributed by atoms with Crippen LogP contribution in [0, 0.1) is 5.92 Å². The standard InChI is InChI=1S/C30H40N4O8S/c1-4-5-12-34(22-8-6-10-31(2)17-22)27(35)19-32-18-23(21-15-25(40-3)29-26(16-21)41-20-42-29)28(30(36)37)24(32)9-13-33-11-7-14-43(33,38)39/h6,8,10,15-17,23-24,28H,4-5,7,9,11-14,18-20H2,1-3H3/p+1/t23-,24+,28?/m1/s1. The molecule has 1 N–H and O–H groups in total. The molecule has 12 nitrogen and oxygen atoms in total. The van der Waals surface area contributed by atoms with Crippen molar-refractivity contribution < 1.29 is 41.9 Å². The maximum Gasteiger partial charge on any atom is 0.308 e. The molecule has 234 valence electrons. The molecule has 1 unspecified atom stereocenters. The average molecular weight is 618 g/mol. The van der Waals surface area contributed by atoms with Gasteiger partial charge in [-0.2, -0.15) is 0 Å². The fraction of sp³-hybridized carbons (Fsp3) is 0.567. The molecule has 1 aromatic heterocycles. The molecule has 0 aliphatic carbocycles. The molecule has 4 heterocycles. The number of unbranched alkanes of at least 4 members (excludes halogenated alkanes) is 1. The Kier molecular flexibility index (Phi) is 9.42. The van der Waals surface area contributed by atoms with E-state index in [1.165, 1.54) is 11.4 Å². The highest BCUT2D eigenvalue weighted by Gasteiger charge is 2.48. The highest BCUT2D eigenvalue weighted by atomic mass is 32.2. The molecule has 43 heavy (non-hydrogen) atoms. The van der Waals surface area contributed by atoms with E-state index in [2.05, 4.69) is 6.92 Å². The predicted molar refractivity (Wildman–Crippen MR) is 158 cm³/mol. The van der Waals surface area contributed by atoms with Crippen LogP contribution in [-0.2, 0) is 26.7 Å². The van der Waals surface area contributed by atoms with Crippen LogP contribution in [0.1, 0.15) is 44.1 Å². The van der Waals surface area contributed by atoms with Gasteiger partial charge in [0, 0.05) is 44.2 Å². The SMILES string of the molecule is CCCCN(C(=O)CN1C[C@H](c2cc(OC)c3c(c2)OCO3)C(C(=O)O)[C@@H]1CCN1CCCS1(=O)=O)c1ccc[n+](C)c1. The quantitative estimate of drug-likeness (QED) is 0.356. The number of carbonyl (C=O) groups is 2. The highest BCUT2D eigenvalue weighted by Crippen LogP contribution is 2.47. The number of ether oxygens (including phenoxy) is 3. The normalized spacial score (nSPS) is 23.0. The summed E-state index contributed by atoms with van der Waals surface area (Å²) in [4.78, 5) is 30.6. The van der Waals surface area contributed by atoms with Crippen molar-refractivity contribution in [2.45, 2.75) is 44.6 Å². The number of aliphatic carboxylic acids is 1. The first kappa shape index (κ1) is 31.0. The number of aryl methyl sites for hydroxylation is 1. The fourth-order valence-corrected chi connectivity index (χ4v) is 8.02. The van der Waals surface area contributed by atoms with E-state index in [1.54, 1.807) is 17.0 Å².